The molecule has 4 rings (SSSR count). The summed E-state index contributed by atoms with van der Waals surface area (Å²) in [7, 11) is 0. The quantitative estimate of drug-likeness (QED) is 0.651. The molecule has 2 aromatic carbocycles. The Hall–Kier alpha value is -2.88. The molecule has 0 spiro atoms. The predicted molar refractivity (Wildman–Crippen MR) is 108 cm³/mol. The fourth-order valence-corrected chi connectivity index (χ4v) is 3.57. The Morgan fingerprint density at radius 1 is 1.11 bits per heavy atom. The second-order valence-electron chi connectivity index (χ2n) is 7.90. The summed E-state index contributed by atoms with van der Waals surface area (Å²) < 4.78 is 0. The number of carbonyl (C=O) groups is 1. The van der Waals surface area contributed by atoms with Crippen LogP contribution in [0.5, 0.6) is 0 Å². The molecule has 138 valence electrons. The maximum absolute atomic E-state index is 11.5. The van der Waals surface area contributed by atoms with Gasteiger partial charge in [-0.05, 0) is 66.1 Å². The van der Waals surface area contributed by atoms with E-state index in [9.17, 15) is 9.90 Å². The Morgan fingerprint density at radius 2 is 1.85 bits per heavy atom. The first-order chi connectivity index (χ1) is 13.0. The second-order valence-corrected chi connectivity index (χ2v) is 7.90. The molecule has 1 aliphatic carbocycles. The number of carboxylic acid groups (broad SMARTS) is 1. The van der Waals surface area contributed by atoms with Gasteiger partial charge in [-0.2, -0.15) is 0 Å². The maximum Gasteiger partial charge on any atom is 0.328 e. The van der Waals surface area contributed by atoms with Crippen LogP contribution < -0.4 is 5.32 Å². The van der Waals surface area contributed by atoms with E-state index in [1.807, 2.05) is 12.3 Å². The van der Waals surface area contributed by atoms with Crippen LogP contribution in [0.3, 0.4) is 0 Å². The molecule has 1 aliphatic rings. The molecule has 1 fully saturated rings. The lowest BCUT2D eigenvalue weighted by atomic mass is 9.93. The molecule has 2 N–H and O–H groups in total. The van der Waals surface area contributed by atoms with Crippen molar-refractivity contribution in [3.8, 4) is 0 Å². The highest BCUT2D eigenvalue weighted by Gasteiger charge is 2.28. The van der Waals surface area contributed by atoms with Gasteiger partial charge in [0, 0.05) is 24.5 Å². The predicted octanol–water partition coefficient (Wildman–Crippen LogP) is 4.98. The minimum Gasteiger partial charge on any atom is -0.480 e. The van der Waals surface area contributed by atoms with Crippen molar-refractivity contribution in [2.45, 2.75) is 44.6 Å². The van der Waals surface area contributed by atoms with Crippen LogP contribution in [0.25, 0.3) is 10.8 Å². The van der Waals surface area contributed by atoms with Crippen molar-refractivity contribution < 1.29 is 9.90 Å². The number of benzene rings is 2. The summed E-state index contributed by atoms with van der Waals surface area (Å²) in [5, 5.41) is 15.2. The Balaban J connectivity index is 1.71. The number of aromatic nitrogens is 1. The van der Waals surface area contributed by atoms with Crippen molar-refractivity contribution in [3.63, 3.8) is 0 Å². The lowest BCUT2D eigenvalue weighted by molar-refractivity contribution is -0.141. The van der Waals surface area contributed by atoms with E-state index in [4.69, 9.17) is 0 Å². The summed E-state index contributed by atoms with van der Waals surface area (Å²) in [6, 6.07) is 14.9. The van der Waals surface area contributed by atoms with E-state index >= 15 is 0 Å². The van der Waals surface area contributed by atoms with E-state index < -0.39 is 11.5 Å². The van der Waals surface area contributed by atoms with Gasteiger partial charge in [0.15, 0.2) is 0 Å². The van der Waals surface area contributed by atoms with Gasteiger partial charge in [-0.25, -0.2) is 4.79 Å². The number of fused-ring (bicyclic) bond motifs is 1. The Bertz CT molecular complexity index is 1010. The highest BCUT2D eigenvalue weighted by Crippen LogP contribution is 2.43. The zero-order valence-electron chi connectivity index (χ0n) is 15.7. The summed E-state index contributed by atoms with van der Waals surface area (Å²) in [6.07, 6.45) is 6.79. The number of nitrogens with one attached hydrogen (secondary N) is 1. The number of carboxylic acids is 1. The summed E-state index contributed by atoms with van der Waals surface area (Å²) in [5.41, 5.74) is 3.45. The van der Waals surface area contributed by atoms with Crippen LogP contribution in [0.2, 0.25) is 0 Å². The van der Waals surface area contributed by atoms with E-state index in [1.165, 1.54) is 34.7 Å². The molecule has 1 aromatic heterocycles. The Labute approximate surface area is 159 Å². The number of aliphatic carboxylic acids is 1. The van der Waals surface area contributed by atoms with Crippen molar-refractivity contribution in [3.05, 3.63) is 71.5 Å². The molecule has 0 bridgehead atoms. The molecule has 4 heteroatoms. The molecule has 0 amide bonds. The third-order valence-corrected chi connectivity index (χ3v) is 5.33. The molecule has 0 radical (unpaired) electrons. The van der Waals surface area contributed by atoms with E-state index in [-0.39, 0.29) is 0 Å². The minimum absolute atomic E-state index is 0.705. The van der Waals surface area contributed by atoms with Crippen LogP contribution in [-0.4, -0.2) is 21.6 Å². The zero-order valence-corrected chi connectivity index (χ0v) is 15.7. The van der Waals surface area contributed by atoms with Crippen LogP contribution in [0.15, 0.2) is 54.9 Å². The molecule has 0 atom stereocenters. The molecule has 1 heterocycles. The lowest BCUT2D eigenvalue weighted by Crippen LogP contribution is -2.40. The van der Waals surface area contributed by atoms with Gasteiger partial charge in [-0.15, -0.1) is 0 Å². The van der Waals surface area contributed by atoms with Crippen molar-refractivity contribution in [1.29, 1.82) is 0 Å². The molecule has 0 unspecified atom stereocenters. The van der Waals surface area contributed by atoms with E-state index in [0.717, 1.165) is 11.3 Å². The van der Waals surface area contributed by atoms with Crippen molar-refractivity contribution >= 4 is 22.4 Å². The fraction of sp³-hybridized carbons (Fsp3) is 0.304. The topological polar surface area (TPSA) is 62.2 Å². The standard InChI is InChI=1S/C23H24N2O2/c1-23(2,22(26)27)25-21-11-12-24-14-17(21)13-16-9-10-19(15-7-8-15)20-6-4-3-5-18(16)20/h3-6,9-12,14-15H,7-8,13H2,1-2H3,(H,24,25)(H,26,27). The monoisotopic (exact) mass is 360 g/mol. The zero-order chi connectivity index (χ0) is 19.0. The molecule has 27 heavy (non-hydrogen) atoms. The Kier molecular flexibility index (Phi) is 4.34. The van der Waals surface area contributed by atoms with Gasteiger partial charge in [0.25, 0.3) is 0 Å². The first-order valence-electron chi connectivity index (χ1n) is 9.41. The molecule has 0 aliphatic heterocycles. The van der Waals surface area contributed by atoms with Gasteiger partial charge in [0.2, 0.25) is 0 Å². The van der Waals surface area contributed by atoms with E-state index in [1.54, 1.807) is 20.0 Å². The van der Waals surface area contributed by atoms with Crippen LogP contribution in [0, 0.1) is 0 Å². The largest absolute Gasteiger partial charge is 0.480 e. The van der Waals surface area contributed by atoms with Crippen molar-refractivity contribution in [2.24, 2.45) is 0 Å². The van der Waals surface area contributed by atoms with Gasteiger partial charge in [-0.1, -0.05) is 36.4 Å². The molecular formula is C23H24N2O2. The number of pyridine rings is 1. The minimum atomic E-state index is -1.05. The molecule has 3 aromatic rings. The molecular weight excluding hydrogens is 336 g/mol. The number of hydrogen-bond donors (Lipinski definition) is 2. The first-order valence-corrected chi connectivity index (χ1v) is 9.41. The molecule has 0 saturated heterocycles. The number of hydrogen-bond acceptors (Lipinski definition) is 3. The summed E-state index contributed by atoms with van der Waals surface area (Å²) in [6.45, 7) is 3.33. The maximum atomic E-state index is 11.5. The average Bonchev–Trinajstić information content (AvgIpc) is 3.48. The van der Waals surface area contributed by atoms with Gasteiger partial charge in [0.1, 0.15) is 5.54 Å². The van der Waals surface area contributed by atoms with Crippen LogP contribution >= 0.6 is 0 Å². The smallest absolute Gasteiger partial charge is 0.328 e. The highest BCUT2D eigenvalue weighted by molar-refractivity contribution is 5.90. The summed E-state index contributed by atoms with van der Waals surface area (Å²) in [4.78, 5) is 15.8. The Morgan fingerprint density at radius 3 is 2.56 bits per heavy atom. The summed E-state index contributed by atoms with van der Waals surface area (Å²) in [5.74, 6) is -0.180. The van der Waals surface area contributed by atoms with Crippen molar-refractivity contribution in [2.75, 3.05) is 5.32 Å². The van der Waals surface area contributed by atoms with Gasteiger partial charge in [0.05, 0.1) is 0 Å². The lowest BCUT2D eigenvalue weighted by Gasteiger charge is -2.24. The second kappa shape index (κ2) is 6.69. The van der Waals surface area contributed by atoms with Crippen LogP contribution in [0.1, 0.15) is 49.3 Å². The first kappa shape index (κ1) is 17.5. The third kappa shape index (κ3) is 3.52. The number of nitrogens with zero attached hydrogens (tertiary/aromatic N) is 1. The fourth-order valence-electron chi connectivity index (χ4n) is 3.57. The average molecular weight is 360 g/mol. The van der Waals surface area contributed by atoms with Crippen LogP contribution in [0.4, 0.5) is 5.69 Å². The number of anilines is 1. The molecule has 4 nitrogen and oxygen atoms in total. The van der Waals surface area contributed by atoms with E-state index in [0.29, 0.717) is 12.3 Å². The SMILES string of the molecule is CC(C)(Nc1ccncc1Cc1ccc(C2CC2)c2ccccc12)C(=O)O. The van der Waals surface area contributed by atoms with Crippen molar-refractivity contribution in [1.82, 2.24) is 4.98 Å². The highest BCUT2D eigenvalue weighted by atomic mass is 16.4. The molecule has 1 saturated carbocycles. The van der Waals surface area contributed by atoms with Gasteiger partial charge in [-0.3, -0.25) is 4.98 Å². The van der Waals surface area contributed by atoms with Gasteiger partial charge < -0.3 is 10.4 Å². The third-order valence-electron chi connectivity index (χ3n) is 5.33. The summed E-state index contributed by atoms with van der Waals surface area (Å²) >= 11 is 0. The van der Waals surface area contributed by atoms with Crippen LogP contribution in [-0.2, 0) is 11.2 Å². The number of rotatable bonds is 6. The van der Waals surface area contributed by atoms with E-state index in [2.05, 4.69) is 46.7 Å². The van der Waals surface area contributed by atoms with Gasteiger partial charge >= 0.3 is 5.97 Å². The normalized spacial score (nSPS) is 14.3.